The molecule has 0 bridgehead atoms. The van der Waals surface area contributed by atoms with Crippen LogP contribution in [0.3, 0.4) is 0 Å². The number of aromatic nitrogens is 1. The molecule has 1 N–H and O–H groups in total. The van der Waals surface area contributed by atoms with Gasteiger partial charge in [0.25, 0.3) is 0 Å². The van der Waals surface area contributed by atoms with Gasteiger partial charge in [0.1, 0.15) is 5.01 Å². The molecular formula is C17H22N2OS. The van der Waals surface area contributed by atoms with Crippen LogP contribution in [0.15, 0.2) is 24.3 Å². The molecule has 0 aliphatic heterocycles. The lowest BCUT2D eigenvalue weighted by Gasteiger charge is -2.10. The lowest BCUT2D eigenvalue weighted by molar-refractivity contribution is -0.121. The minimum absolute atomic E-state index is 0.0763. The van der Waals surface area contributed by atoms with Crippen LogP contribution in [0.2, 0.25) is 0 Å². The Balaban J connectivity index is 2.17. The van der Waals surface area contributed by atoms with E-state index in [1.165, 1.54) is 5.56 Å². The highest BCUT2D eigenvalue weighted by molar-refractivity contribution is 7.15. The van der Waals surface area contributed by atoms with Crippen molar-refractivity contribution in [3.05, 3.63) is 40.4 Å². The molecule has 2 rings (SSSR count). The van der Waals surface area contributed by atoms with Gasteiger partial charge < -0.3 is 5.32 Å². The largest absolute Gasteiger partial charge is 0.353 e. The van der Waals surface area contributed by atoms with E-state index < -0.39 is 0 Å². The second-order valence-corrected chi connectivity index (χ2v) is 6.48. The van der Waals surface area contributed by atoms with Crippen LogP contribution in [0.5, 0.6) is 0 Å². The topological polar surface area (TPSA) is 42.0 Å². The van der Waals surface area contributed by atoms with Gasteiger partial charge in [0, 0.05) is 16.5 Å². The molecule has 0 saturated carbocycles. The highest BCUT2D eigenvalue weighted by Gasteiger charge is 2.14. The number of hydrogen-bond acceptors (Lipinski definition) is 3. The SMILES string of the molecule is CCC(C)NC(=O)Cc1sc(-c2ccccc2C)nc1C. The van der Waals surface area contributed by atoms with Crippen LogP contribution >= 0.6 is 11.3 Å². The number of nitrogens with zero attached hydrogens (tertiary/aromatic N) is 1. The van der Waals surface area contributed by atoms with Gasteiger partial charge in [-0.1, -0.05) is 31.2 Å². The summed E-state index contributed by atoms with van der Waals surface area (Å²) in [6, 6.07) is 8.44. The summed E-state index contributed by atoms with van der Waals surface area (Å²) < 4.78 is 0. The van der Waals surface area contributed by atoms with Crippen LogP contribution in [0, 0.1) is 13.8 Å². The van der Waals surface area contributed by atoms with E-state index in [0.717, 1.165) is 27.6 Å². The fourth-order valence-corrected chi connectivity index (χ4v) is 3.25. The fraction of sp³-hybridized carbons (Fsp3) is 0.412. The van der Waals surface area contributed by atoms with Crippen molar-refractivity contribution in [2.24, 2.45) is 0 Å². The first-order valence-corrected chi connectivity index (χ1v) is 8.14. The third-order valence-corrected chi connectivity index (χ3v) is 4.80. The van der Waals surface area contributed by atoms with Gasteiger partial charge in [-0.2, -0.15) is 0 Å². The normalized spacial score (nSPS) is 12.2. The summed E-state index contributed by atoms with van der Waals surface area (Å²) in [6.07, 6.45) is 1.36. The van der Waals surface area contributed by atoms with Gasteiger partial charge in [0.15, 0.2) is 0 Å². The highest BCUT2D eigenvalue weighted by Crippen LogP contribution is 2.30. The predicted octanol–water partition coefficient (Wildman–Crippen LogP) is 3.88. The molecule has 1 atom stereocenters. The van der Waals surface area contributed by atoms with E-state index >= 15 is 0 Å². The van der Waals surface area contributed by atoms with Gasteiger partial charge in [-0.3, -0.25) is 4.79 Å². The molecule has 0 fully saturated rings. The Morgan fingerprint density at radius 3 is 2.71 bits per heavy atom. The number of aryl methyl sites for hydroxylation is 2. The molecule has 2 aromatic rings. The fourth-order valence-electron chi connectivity index (χ4n) is 2.09. The number of hydrogen-bond donors (Lipinski definition) is 1. The third kappa shape index (κ3) is 3.91. The van der Waals surface area contributed by atoms with Crippen molar-refractivity contribution in [3.63, 3.8) is 0 Å². The average Bonchev–Trinajstić information content (AvgIpc) is 2.80. The van der Waals surface area contributed by atoms with Crippen molar-refractivity contribution in [1.82, 2.24) is 10.3 Å². The Labute approximate surface area is 130 Å². The minimum atomic E-state index is 0.0763. The van der Waals surface area contributed by atoms with E-state index in [1.807, 2.05) is 26.0 Å². The zero-order valence-corrected chi connectivity index (χ0v) is 13.9. The highest BCUT2D eigenvalue weighted by atomic mass is 32.1. The number of carbonyl (C=O) groups excluding carboxylic acids is 1. The molecule has 0 aliphatic rings. The summed E-state index contributed by atoms with van der Waals surface area (Å²) >= 11 is 1.62. The molecule has 0 saturated heterocycles. The molecule has 112 valence electrons. The van der Waals surface area contributed by atoms with Crippen LogP contribution in [0.1, 0.15) is 36.4 Å². The number of amides is 1. The second-order valence-electron chi connectivity index (χ2n) is 5.40. The molecule has 1 unspecified atom stereocenters. The number of benzene rings is 1. The monoisotopic (exact) mass is 302 g/mol. The van der Waals surface area contributed by atoms with Crippen LogP contribution in [-0.2, 0) is 11.2 Å². The minimum Gasteiger partial charge on any atom is -0.353 e. The molecule has 0 radical (unpaired) electrons. The number of carbonyl (C=O) groups is 1. The summed E-state index contributed by atoms with van der Waals surface area (Å²) in [5.41, 5.74) is 3.32. The molecule has 0 spiro atoms. The van der Waals surface area contributed by atoms with E-state index in [-0.39, 0.29) is 11.9 Å². The zero-order chi connectivity index (χ0) is 15.4. The summed E-state index contributed by atoms with van der Waals surface area (Å²) in [7, 11) is 0. The van der Waals surface area contributed by atoms with E-state index in [1.54, 1.807) is 11.3 Å². The second kappa shape index (κ2) is 6.85. The quantitative estimate of drug-likeness (QED) is 0.910. The molecule has 3 nitrogen and oxygen atoms in total. The molecule has 1 amide bonds. The first-order chi connectivity index (χ1) is 10.0. The van der Waals surface area contributed by atoms with Crippen LogP contribution in [0.25, 0.3) is 10.6 Å². The maximum Gasteiger partial charge on any atom is 0.225 e. The van der Waals surface area contributed by atoms with E-state index in [2.05, 4.69) is 36.3 Å². The Hall–Kier alpha value is -1.68. The lowest BCUT2D eigenvalue weighted by Crippen LogP contribution is -2.33. The van der Waals surface area contributed by atoms with Crippen molar-refractivity contribution in [2.45, 2.75) is 46.6 Å². The summed E-state index contributed by atoms with van der Waals surface area (Å²) in [4.78, 5) is 17.7. The van der Waals surface area contributed by atoms with Gasteiger partial charge in [-0.25, -0.2) is 4.98 Å². The van der Waals surface area contributed by atoms with Crippen molar-refractivity contribution in [3.8, 4) is 10.6 Å². The molecule has 4 heteroatoms. The van der Waals surface area contributed by atoms with Crippen LogP contribution < -0.4 is 5.32 Å². The molecule has 21 heavy (non-hydrogen) atoms. The van der Waals surface area contributed by atoms with Crippen LogP contribution in [-0.4, -0.2) is 16.9 Å². The van der Waals surface area contributed by atoms with Gasteiger partial charge in [0.05, 0.1) is 12.1 Å². The average molecular weight is 302 g/mol. The lowest BCUT2D eigenvalue weighted by atomic mass is 10.1. The smallest absolute Gasteiger partial charge is 0.225 e. The maximum atomic E-state index is 12.0. The molecule has 0 aliphatic carbocycles. The van der Waals surface area contributed by atoms with Crippen molar-refractivity contribution < 1.29 is 4.79 Å². The Morgan fingerprint density at radius 2 is 2.05 bits per heavy atom. The molecule has 1 aromatic heterocycles. The first kappa shape index (κ1) is 15.7. The summed E-state index contributed by atoms with van der Waals surface area (Å²) in [5, 5.41) is 4.00. The predicted molar refractivity (Wildman–Crippen MR) is 88.6 cm³/mol. The van der Waals surface area contributed by atoms with Crippen molar-refractivity contribution >= 4 is 17.2 Å². The van der Waals surface area contributed by atoms with E-state index in [0.29, 0.717) is 6.42 Å². The van der Waals surface area contributed by atoms with Gasteiger partial charge in [-0.15, -0.1) is 11.3 Å². The Kier molecular flexibility index (Phi) is 5.12. The molecule has 1 heterocycles. The molecule has 1 aromatic carbocycles. The standard InChI is InChI=1S/C17H22N2OS/c1-5-12(3)18-16(20)10-15-13(4)19-17(21-15)14-9-7-6-8-11(14)2/h6-9,12H,5,10H2,1-4H3,(H,18,20). The van der Waals surface area contributed by atoms with Gasteiger partial charge >= 0.3 is 0 Å². The molecular weight excluding hydrogens is 280 g/mol. The number of rotatable bonds is 5. The van der Waals surface area contributed by atoms with E-state index in [4.69, 9.17) is 0 Å². The van der Waals surface area contributed by atoms with Gasteiger partial charge in [-0.05, 0) is 32.8 Å². The third-order valence-electron chi connectivity index (χ3n) is 3.61. The van der Waals surface area contributed by atoms with Gasteiger partial charge in [0.2, 0.25) is 5.91 Å². The Morgan fingerprint density at radius 1 is 1.33 bits per heavy atom. The summed E-state index contributed by atoms with van der Waals surface area (Å²) in [5.74, 6) is 0.0763. The van der Waals surface area contributed by atoms with E-state index in [9.17, 15) is 4.79 Å². The van der Waals surface area contributed by atoms with Crippen molar-refractivity contribution in [1.29, 1.82) is 0 Å². The zero-order valence-electron chi connectivity index (χ0n) is 13.1. The maximum absolute atomic E-state index is 12.0. The van der Waals surface area contributed by atoms with Crippen LogP contribution in [0.4, 0.5) is 0 Å². The number of nitrogens with one attached hydrogen (secondary N) is 1. The number of thiazole rings is 1. The summed E-state index contributed by atoms with van der Waals surface area (Å²) in [6.45, 7) is 8.15. The van der Waals surface area contributed by atoms with Crippen molar-refractivity contribution in [2.75, 3.05) is 0 Å². The first-order valence-electron chi connectivity index (χ1n) is 7.33. The Bertz CT molecular complexity index is 633.